The minimum absolute atomic E-state index is 0.0672. The van der Waals surface area contributed by atoms with Gasteiger partial charge in [-0.2, -0.15) is 0 Å². The minimum atomic E-state index is -0.334. The monoisotopic (exact) mass is 335 g/mol. The maximum Gasteiger partial charge on any atom is 0.317 e. The summed E-state index contributed by atoms with van der Waals surface area (Å²) in [6.45, 7) is 5.80. The summed E-state index contributed by atoms with van der Waals surface area (Å²) in [5.41, 5.74) is 0.884. The van der Waals surface area contributed by atoms with Crippen LogP contribution in [-0.2, 0) is 0 Å². The predicted molar refractivity (Wildman–Crippen MR) is 94.0 cm³/mol. The molecule has 0 saturated carbocycles. The standard InChI is InChI=1S/C18H29N3O3/c1-13(22)12-20(3)16-7-9-21(10-8-16)18(24)19-14(2)15-5-4-6-17(23)11-15/h4-6,11,13-14,16,22-23H,7-10,12H2,1-3H3,(H,19,24)/t13?,14-/m1/s1. The second-order valence-electron chi connectivity index (χ2n) is 6.77. The van der Waals surface area contributed by atoms with E-state index in [4.69, 9.17) is 0 Å². The summed E-state index contributed by atoms with van der Waals surface area (Å²) in [5, 5.41) is 22.0. The number of piperidine rings is 1. The van der Waals surface area contributed by atoms with Gasteiger partial charge in [0.1, 0.15) is 5.75 Å². The van der Waals surface area contributed by atoms with E-state index in [1.54, 1.807) is 25.1 Å². The Bertz CT molecular complexity index is 542. The highest BCUT2D eigenvalue weighted by molar-refractivity contribution is 5.74. The number of phenolic OH excluding ortho intramolecular Hbond substituents is 1. The van der Waals surface area contributed by atoms with Gasteiger partial charge in [-0.1, -0.05) is 12.1 Å². The molecule has 134 valence electrons. The van der Waals surface area contributed by atoms with Crippen molar-refractivity contribution in [3.8, 4) is 5.75 Å². The highest BCUT2D eigenvalue weighted by Crippen LogP contribution is 2.19. The number of carbonyl (C=O) groups is 1. The van der Waals surface area contributed by atoms with Crippen molar-refractivity contribution in [3.05, 3.63) is 29.8 Å². The molecule has 0 spiro atoms. The van der Waals surface area contributed by atoms with Crippen LogP contribution < -0.4 is 5.32 Å². The zero-order valence-electron chi connectivity index (χ0n) is 14.8. The Morgan fingerprint density at radius 1 is 1.38 bits per heavy atom. The number of benzene rings is 1. The van der Waals surface area contributed by atoms with Gasteiger partial charge in [0.05, 0.1) is 12.1 Å². The molecule has 3 N–H and O–H groups in total. The molecule has 1 aliphatic rings. The maximum absolute atomic E-state index is 12.4. The van der Waals surface area contributed by atoms with Crippen molar-refractivity contribution in [3.63, 3.8) is 0 Å². The average molecular weight is 335 g/mol. The summed E-state index contributed by atoms with van der Waals surface area (Å²) in [6.07, 6.45) is 1.49. The van der Waals surface area contributed by atoms with Gasteiger partial charge in [0.2, 0.25) is 0 Å². The number of nitrogens with zero attached hydrogens (tertiary/aromatic N) is 2. The molecule has 0 aromatic heterocycles. The molecular weight excluding hydrogens is 306 g/mol. The van der Waals surface area contributed by atoms with Gasteiger partial charge < -0.3 is 25.3 Å². The number of likely N-dealkylation sites (N-methyl/N-ethyl adjacent to an activating group) is 1. The van der Waals surface area contributed by atoms with E-state index >= 15 is 0 Å². The molecule has 0 bridgehead atoms. The third-order valence-corrected chi connectivity index (χ3v) is 4.64. The number of phenols is 1. The van der Waals surface area contributed by atoms with E-state index in [2.05, 4.69) is 10.2 Å². The van der Waals surface area contributed by atoms with E-state index in [1.807, 2.05) is 24.9 Å². The van der Waals surface area contributed by atoms with Crippen LogP contribution >= 0.6 is 0 Å². The highest BCUT2D eigenvalue weighted by Gasteiger charge is 2.26. The molecule has 1 aliphatic heterocycles. The molecule has 6 nitrogen and oxygen atoms in total. The van der Waals surface area contributed by atoms with Gasteiger partial charge in [0.25, 0.3) is 0 Å². The molecule has 1 unspecified atom stereocenters. The second-order valence-corrected chi connectivity index (χ2v) is 6.77. The topological polar surface area (TPSA) is 76.0 Å². The quantitative estimate of drug-likeness (QED) is 0.769. The summed E-state index contributed by atoms with van der Waals surface area (Å²) in [6, 6.07) is 7.14. The Morgan fingerprint density at radius 3 is 2.62 bits per heavy atom. The molecule has 0 aliphatic carbocycles. The highest BCUT2D eigenvalue weighted by atomic mass is 16.3. The Balaban J connectivity index is 1.82. The molecule has 1 fully saturated rings. The average Bonchev–Trinajstić information content (AvgIpc) is 2.54. The summed E-state index contributed by atoms with van der Waals surface area (Å²) in [5.74, 6) is 0.204. The van der Waals surface area contributed by atoms with E-state index in [0.717, 1.165) is 18.4 Å². The van der Waals surface area contributed by atoms with E-state index in [1.165, 1.54) is 0 Å². The van der Waals surface area contributed by atoms with Crippen LogP contribution in [-0.4, -0.2) is 64.9 Å². The summed E-state index contributed by atoms with van der Waals surface area (Å²) in [4.78, 5) is 16.4. The number of aliphatic hydroxyl groups is 1. The molecule has 2 rings (SSSR count). The summed E-state index contributed by atoms with van der Waals surface area (Å²) < 4.78 is 0. The summed E-state index contributed by atoms with van der Waals surface area (Å²) >= 11 is 0. The zero-order chi connectivity index (χ0) is 17.7. The number of rotatable bonds is 5. The van der Waals surface area contributed by atoms with Crippen molar-refractivity contribution in [2.75, 3.05) is 26.7 Å². The van der Waals surface area contributed by atoms with Crippen molar-refractivity contribution < 1.29 is 15.0 Å². The van der Waals surface area contributed by atoms with Crippen LogP contribution in [0.4, 0.5) is 4.79 Å². The number of carbonyl (C=O) groups excluding carboxylic acids is 1. The van der Waals surface area contributed by atoms with E-state index in [9.17, 15) is 15.0 Å². The Labute approximate surface area is 144 Å². The lowest BCUT2D eigenvalue weighted by Crippen LogP contribution is -2.50. The number of hydrogen-bond acceptors (Lipinski definition) is 4. The van der Waals surface area contributed by atoms with Crippen molar-refractivity contribution >= 4 is 6.03 Å². The van der Waals surface area contributed by atoms with Gasteiger partial charge >= 0.3 is 6.03 Å². The number of hydrogen-bond donors (Lipinski definition) is 3. The van der Waals surface area contributed by atoms with Gasteiger partial charge in [-0.15, -0.1) is 0 Å². The van der Waals surface area contributed by atoms with Crippen molar-refractivity contribution in [2.45, 2.75) is 44.9 Å². The molecule has 2 amide bonds. The van der Waals surface area contributed by atoms with Crippen LogP contribution in [0.25, 0.3) is 0 Å². The van der Waals surface area contributed by atoms with Crippen LogP contribution in [0.1, 0.15) is 38.3 Å². The lowest BCUT2D eigenvalue weighted by molar-refractivity contribution is 0.0871. The minimum Gasteiger partial charge on any atom is -0.508 e. The van der Waals surface area contributed by atoms with Crippen LogP contribution in [0.2, 0.25) is 0 Å². The molecule has 1 saturated heterocycles. The van der Waals surface area contributed by atoms with Gasteiger partial charge in [-0.25, -0.2) is 4.79 Å². The first-order valence-electron chi connectivity index (χ1n) is 8.59. The third kappa shape index (κ3) is 5.11. The second kappa shape index (κ2) is 8.35. The molecule has 6 heteroatoms. The Kier molecular flexibility index (Phi) is 6.45. The van der Waals surface area contributed by atoms with Crippen LogP contribution in [0.5, 0.6) is 5.75 Å². The van der Waals surface area contributed by atoms with Gasteiger partial charge in [-0.05, 0) is 51.4 Å². The number of nitrogens with one attached hydrogen (secondary N) is 1. The number of amides is 2. The molecule has 1 aromatic carbocycles. The number of urea groups is 1. The smallest absolute Gasteiger partial charge is 0.317 e. The molecule has 0 radical (unpaired) electrons. The number of likely N-dealkylation sites (tertiary alicyclic amines) is 1. The lowest BCUT2D eigenvalue weighted by atomic mass is 10.0. The lowest BCUT2D eigenvalue weighted by Gasteiger charge is -2.37. The van der Waals surface area contributed by atoms with E-state index in [-0.39, 0.29) is 23.9 Å². The SMILES string of the molecule is CC(O)CN(C)C1CCN(C(=O)N[C@H](C)c2cccc(O)c2)CC1. The van der Waals surface area contributed by atoms with E-state index < -0.39 is 0 Å². The molecule has 24 heavy (non-hydrogen) atoms. The van der Waals surface area contributed by atoms with Gasteiger partial charge in [0, 0.05) is 25.7 Å². The van der Waals surface area contributed by atoms with Crippen molar-refractivity contribution in [1.82, 2.24) is 15.1 Å². The predicted octanol–water partition coefficient (Wildman–Crippen LogP) is 1.94. The fourth-order valence-corrected chi connectivity index (χ4v) is 3.23. The normalized spacial score (nSPS) is 18.5. The molecular formula is C18H29N3O3. The Hall–Kier alpha value is -1.79. The molecule has 1 heterocycles. The van der Waals surface area contributed by atoms with Crippen molar-refractivity contribution in [2.24, 2.45) is 0 Å². The van der Waals surface area contributed by atoms with Crippen LogP contribution in [0.3, 0.4) is 0 Å². The first-order valence-corrected chi connectivity index (χ1v) is 8.59. The van der Waals surface area contributed by atoms with Crippen molar-refractivity contribution in [1.29, 1.82) is 0 Å². The first-order chi connectivity index (χ1) is 11.4. The third-order valence-electron chi connectivity index (χ3n) is 4.64. The van der Waals surface area contributed by atoms with Gasteiger partial charge in [0.15, 0.2) is 0 Å². The number of aliphatic hydroxyl groups excluding tert-OH is 1. The fourth-order valence-electron chi connectivity index (χ4n) is 3.23. The molecule has 1 aromatic rings. The van der Waals surface area contributed by atoms with Crippen LogP contribution in [0.15, 0.2) is 24.3 Å². The summed E-state index contributed by atoms with van der Waals surface area (Å²) in [7, 11) is 2.02. The first kappa shape index (κ1) is 18.5. The largest absolute Gasteiger partial charge is 0.508 e. The van der Waals surface area contributed by atoms with Gasteiger partial charge in [-0.3, -0.25) is 0 Å². The Morgan fingerprint density at radius 2 is 2.04 bits per heavy atom. The fraction of sp³-hybridized carbons (Fsp3) is 0.611. The maximum atomic E-state index is 12.4. The number of aromatic hydroxyl groups is 1. The zero-order valence-corrected chi connectivity index (χ0v) is 14.8. The van der Waals surface area contributed by atoms with Crippen LogP contribution in [0, 0.1) is 0 Å². The van der Waals surface area contributed by atoms with E-state index in [0.29, 0.717) is 25.7 Å². The molecule has 2 atom stereocenters.